The minimum Gasteiger partial charge on any atom is -0.469 e. The van der Waals surface area contributed by atoms with Crippen LogP contribution in [0.4, 0.5) is 10.5 Å². The van der Waals surface area contributed by atoms with Crippen LogP contribution in [0.15, 0.2) is 22.7 Å². The number of urea groups is 1. The van der Waals surface area contributed by atoms with Gasteiger partial charge in [-0.3, -0.25) is 4.79 Å². The number of methoxy groups -OCH3 is 1. The normalized spacial score (nSPS) is 11.6. The van der Waals surface area contributed by atoms with Gasteiger partial charge in [0.05, 0.1) is 13.5 Å². The number of amides is 2. The van der Waals surface area contributed by atoms with Crippen molar-refractivity contribution < 1.29 is 14.3 Å². The van der Waals surface area contributed by atoms with Crippen LogP contribution in [0.25, 0.3) is 0 Å². The maximum Gasteiger partial charge on any atom is 0.319 e. The van der Waals surface area contributed by atoms with Crippen LogP contribution < -0.4 is 10.6 Å². The van der Waals surface area contributed by atoms with E-state index in [4.69, 9.17) is 0 Å². The average molecular weight is 329 g/mol. The van der Waals surface area contributed by atoms with Gasteiger partial charge < -0.3 is 15.4 Å². The molecule has 0 heterocycles. The number of esters is 1. The molecule has 0 radical (unpaired) electrons. The van der Waals surface area contributed by atoms with Crippen molar-refractivity contribution in [3.8, 4) is 0 Å². The van der Waals surface area contributed by atoms with E-state index >= 15 is 0 Å². The molecular formula is C13H17BrN2O3. The molecule has 1 aromatic rings. The number of ether oxygens (including phenoxy) is 1. The number of anilines is 1. The van der Waals surface area contributed by atoms with Crippen LogP contribution in [-0.2, 0) is 9.53 Å². The van der Waals surface area contributed by atoms with Crippen LogP contribution in [-0.4, -0.2) is 25.2 Å². The predicted molar refractivity (Wildman–Crippen MR) is 77.1 cm³/mol. The van der Waals surface area contributed by atoms with Crippen molar-refractivity contribution in [2.45, 2.75) is 26.3 Å². The van der Waals surface area contributed by atoms with Crippen molar-refractivity contribution in [3.63, 3.8) is 0 Å². The quantitative estimate of drug-likeness (QED) is 0.835. The molecule has 0 aliphatic carbocycles. The van der Waals surface area contributed by atoms with Gasteiger partial charge in [0.15, 0.2) is 0 Å². The van der Waals surface area contributed by atoms with E-state index in [0.717, 1.165) is 15.7 Å². The zero-order valence-electron chi connectivity index (χ0n) is 11.1. The molecule has 1 aromatic carbocycles. The SMILES string of the molecule is COC(=O)C[C@H](C)NC(=O)Nc1cc(Br)ccc1C. The lowest BCUT2D eigenvalue weighted by Gasteiger charge is -2.14. The Balaban J connectivity index is 2.55. The minimum absolute atomic E-state index is 0.140. The first-order valence-corrected chi connectivity index (χ1v) is 6.62. The van der Waals surface area contributed by atoms with Crippen molar-refractivity contribution in [3.05, 3.63) is 28.2 Å². The highest BCUT2D eigenvalue weighted by atomic mass is 79.9. The van der Waals surface area contributed by atoms with Gasteiger partial charge in [-0.15, -0.1) is 0 Å². The van der Waals surface area contributed by atoms with Crippen LogP contribution in [0, 0.1) is 6.92 Å². The summed E-state index contributed by atoms with van der Waals surface area (Å²) in [5.74, 6) is -0.355. The molecule has 0 fully saturated rings. The van der Waals surface area contributed by atoms with E-state index in [1.807, 2.05) is 25.1 Å². The van der Waals surface area contributed by atoms with Crippen LogP contribution in [0.2, 0.25) is 0 Å². The number of rotatable bonds is 4. The second-order valence-electron chi connectivity index (χ2n) is 4.24. The number of aryl methyl sites for hydroxylation is 1. The van der Waals surface area contributed by atoms with E-state index in [-0.39, 0.29) is 24.5 Å². The van der Waals surface area contributed by atoms with E-state index in [9.17, 15) is 9.59 Å². The maximum atomic E-state index is 11.8. The van der Waals surface area contributed by atoms with Crippen molar-refractivity contribution in [1.82, 2.24) is 5.32 Å². The first-order chi connectivity index (χ1) is 8.92. The van der Waals surface area contributed by atoms with Gasteiger partial charge in [0, 0.05) is 16.2 Å². The third kappa shape index (κ3) is 5.30. The molecule has 5 nitrogen and oxygen atoms in total. The van der Waals surface area contributed by atoms with Gasteiger partial charge in [-0.05, 0) is 31.5 Å². The summed E-state index contributed by atoms with van der Waals surface area (Å²) >= 11 is 3.35. The molecule has 0 saturated carbocycles. The molecule has 0 aliphatic heterocycles. The summed E-state index contributed by atoms with van der Waals surface area (Å²) in [6.07, 6.45) is 0.140. The highest BCUT2D eigenvalue weighted by molar-refractivity contribution is 9.10. The summed E-state index contributed by atoms with van der Waals surface area (Å²) in [6.45, 7) is 3.64. The zero-order valence-corrected chi connectivity index (χ0v) is 12.7. The van der Waals surface area contributed by atoms with E-state index < -0.39 is 0 Å². The molecule has 6 heteroatoms. The Morgan fingerprint density at radius 1 is 1.42 bits per heavy atom. The van der Waals surface area contributed by atoms with Crippen LogP contribution in [0.3, 0.4) is 0 Å². The molecule has 19 heavy (non-hydrogen) atoms. The topological polar surface area (TPSA) is 67.4 Å². The van der Waals surface area contributed by atoms with E-state index in [2.05, 4.69) is 31.3 Å². The largest absolute Gasteiger partial charge is 0.469 e. The van der Waals surface area contributed by atoms with Gasteiger partial charge in [0.1, 0.15) is 0 Å². The lowest BCUT2D eigenvalue weighted by atomic mass is 10.2. The molecule has 0 aromatic heterocycles. The lowest BCUT2D eigenvalue weighted by molar-refractivity contribution is -0.141. The molecule has 0 saturated heterocycles. The van der Waals surface area contributed by atoms with Crippen LogP contribution >= 0.6 is 15.9 Å². The van der Waals surface area contributed by atoms with Gasteiger partial charge in [0.25, 0.3) is 0 Å². The number of hydrogen-bond donors (Lipinski definition) is 2. The summed E-state index contributed by atoms with van der Waals surface area (Å²) < 4.78 is 5.42. The Kier molecular flexibility index (Phi) is 5.82. The monoisotopic (exact) mass is 328 g/mol. The van der Waals surface area contributed by atoms with E-state index in [0.29, 0.717) is 0 Å². The molecule has 1 rings (SSSR count). The Morgan fingerprint density at radius 3 is 2.74 bits per heavy atom. The number of nitrogens with one attached hydrogen (secondary N) is 2. The van der Waals surface area contributed by atoms with Gasteiger partial charge in [-0.1, -0.05) is 22.0 Å². The van der Waals surface area contributed by atoms with Gasteiger partial charge in [-0.25, -0.2) is 4.79 Å². The molecule has 0 spiro atoms. The maximum absolute atomic E-state index is 11.8. The molecule has 104 valence electrons. The fraction of sp³-hybridized carbons (Fsp3) is 0.385. The molecule has 2 amide bonds. The Hall–Kier alpha value is -1.56. The molecule has 2 N–H and O–H groups in total. The third-order valence-corrected chi connectivity index (χ3v) is 3.02. The predicted octanol–water partition coefficient (Wildman–Crippen LogP) is 2.83. The first kappa shape index (κ1) is 15.5. The highest BCUT2D eigenvalue weighted by Crippen LogP contribution is 2.20. The van der Waals surface area contributed by atoms with Gasteiger partial charge in [0.2, 0.25) is 0 Å². The number of hydrogen-bond acceptors (Lipinski definition) is 3. The average Bonchev–Trinajstić information content (AvgIpc) is 2.33. The molecule has 1 atom stereocenters. The summed E-state index contributed by atoms with van der Waals surface area (Å²) in [6, 6.07) is 4.98. The van der Waals surface area contributed by atoms with Gasteiger partial charge in [-0.2, -0.15) is 0 Å². The van der Waals surface area contributed by atoms with Crippen molar-refractivity contribution in [1.29, 1.82) is 0 Å². The molecule has 0 aliphatic rings. The second-order valence-corrected chi connectivity index (χ2v) is 5.15. The second kappa shape index (κ2) is 7.13. The molecule has 0 bridgehead atoms. The third-order valence-electron chi connectivity index (χ3n) is 2.53. The Morgan fingerprint density at radius 2 is 2.11 bits per heavy atom. The van der Waals surface area contributed by atoms with Crippen molar-refractivity contribution in [2.24, 2.45) is 0 Å². The summed E-state index contributed by atoms with van der Waals surface area (Å²) in [5, 5.41) is 5.42. The van der Waals surface area contributed by atoms with Crippen molar-refractivity contribution in [2.75, 3.05) is 12.4 Å². The number of carbonyl (C=O) groups is 2. The standard InChI is InChI=1S/C13H17BrN2O3/c1-8-4-5-10(14)7-11(8)16-13(18)15-9(2)6-12(17)19-3/h4-5,7,9H,6H2,1-3H3,(H2,15,16,18)/t9-/m0/s1. The summed E-state index contributed by atoms with van der Waals surface area (Å²) in [7, 11) is 1.32. The minimum atomic E-state index is -0.355. The number of benzene rings is 1. The molecule has 0 unspecified atom stereocenters. The number of halogens is 1. The first-order valence-electron chi connectivity index (χ1n) is 5.83. The summed E-state index contributed by atoms with van der Waals surface area (Å²) in [5.41, 5.74) is 1.68. The Labute approximate surface area is 120 Å². The van der Waals surface area contributed by atoms with E-state index in [1.54, 1.807) is 6.92 Å². The van der Waals surface area contributed by atoms with Gasteiger partial charge >= 0.3 is 12.0 Å². The zero-order chi connectivity index (χ0) is 14.4. The highest BCUT2D eigenvalue weighted by Gasteiger charge is 2.12. The Bertz CT molecular complexity index is 477. The van der Waals surface area contributed by atoms with E-state index in [1.165, 1.54) is 7.11 Å². The smallest absolute Gasteiger partial charge is 0.319 e. The van der Waals surface area contributed by atoms with Crippen molar-refractivity contribution >= 4 is 33.6 Å². The fourth-order valence-electron chi connectivity index (χ4n) is 1.50. The van der Waals surface area contributed by atoms with Crippen LogP contribution in [0.1, 0.15) is 18.9 Å². The summed E-state index contributed by atoms with van der Waals surface area (Å²) in [4.78, 5) is 22.8. The number of carbonyl (C=O) groups excluding carboxylic acids is 2. The molecular weight excluding hydrogens is 312 g/mol. The fourth-order valence-corrected chi connectivity index (χ4v) is 1.86. The van der Waals surface area contributed by atoms with Crippen LogP contribution in [0.5, 0.6) is 0 Å². The lowest BCUT2D eigenvalue weighted by Crippen LogP contribution is -2.37.